The van der Waals surface area contributed by atoms with Crippen LogP contribution in [0.3, 0.4) is 0 Å². The third-order valence-electron chi connectivity index (χ3n) is 11.7. The van der Waals surface area contributed by atoms with Crippen molar-refractivity contribution in [3.05, 3.63) is 11.1 Å². The molecule has 0 amide bonds. The van der Waals surface area contributed by atoms with Crippen LogP contribution in [-0.2, 0) is 23.9 Å². The van der Waals surface area contributed by atoms with Gasteiger partial charge in [0.05, 0.1) is 19.1 Å². The fourth-order valence-electron chi connectivity index (χ4n) is 9.46. The Hall–Kier alpha value is -1.82. The van der Waals surface area contributed by atoms with Crippen LogP contribution < -0.4 is 0 Å². The van der Waals surface area contributed by atoms with Gasteiger partial charge in [0.1, 0.15) is 11.6 Å². The molecule has 0 aromatic carbocycles. The van der Waals surface area contributed by atoms with Crippen molar-refractivity contribution in [3.63, 3.8) is 0 Å². The summed E-state index contributed by atoms with van der Waals surface area (Å²) in [5.74, 6) is -0.272. The van der Waals surface area contributed by atoms with E-state index in [9.17, 15) is 24.3 Å². The van der Waals surface area contributed by atoms with Crippen molar-refractivity contribution in [1.82, 2.24) is 0 Å². The molecule has 0 spiro atoms. The first-order valence-electron chi connectivity index (χ1n) is 14.1. The molecule has 4 aliphatic carbocycles. The summed E-state index contributed by atoms with van der Waals surface area (Å²) >= 11 is 0. The van der Waals surface area contributed by atoms with E-state index in [2.05, 4.69) is 27.7 Å². The van der Waals surface area contributed by atoms with E-state index in [1.54, 1.807) is 6.92 Å². The highest BCUT2D eigenvalue weighted by Gasteiger charge is 2.68. The molecule has 0 saturated heterocycles. The van der Waals surface area contributed by atoms with Gasteiger partial charge in [-0.1, -0.05) is 54.0 Å². The van der Waals surface area contributed by atoms with Crippen LogP contribution in [0.1, 0.15) is 99.8 Å². The number of carbonyl (C=O) groups is 4. The highest BCUT2D eigenvalue weighted by Crippen LogP contribution is 2.71. The van der Waals surface area contributed by atoms with Crippen molar-refractivity contribution in [2.75, 3.05) is 7.11 Å². The van der Waals surface area contributed by atoms with Crippen molar-refractivity contribution >= 4 is 23.3 Å². The van der Waals surface area contributed by atoms with Gasteiger partial charge < -0.3 is 9.84 Å². The summed E-state index contributed by atoms with van der Waals surface area (Å²) in [6, 6.07) is 0. The first-order chi connectivity index (χ1) is 17.1. The number of esters is 1. The average molecular weight is 515 g/mol. The molecule has 4 rings (SSSR count). The topological polar surface area (TPSA) is 97.7 Å². The summed E-state index contributed by atoms with van der Waals surface area (Å²) < 4.78 is 4.77. The van der Waals surface area contributed by atoms with Crippen molar-refractivity contribution < 1.29 is 29.0 Å². The van der Waals surface area contributed by atoms with Crippen LogP contribution in [0.2, 0.25) is 0 Å². The maximum atomic E-state index is 14.1. The second kappa shape index (κ2) is 9.14. The molecule has 37 heavy (non-hydrogen) atoms. The van der Waals surface area contributed by atoms with Gasteiger partial charge in [0.2, 0.25) is 0 Å². The maximum absolute atomic E-state index is 14.1. The molecule has 0 bridgehead atoms. The van der Waals surface area contributed by atoms with Gasteiger partial charge in [0.25, 0.3) is 0 Å². The van der Waals surface area contributed by atoms with E-state index in [1.807, 2.05) is 13.8 Å². The van der Waals surface area contributed by atoms with Crippen LogP contribution >= 0.6 is 0 Å². The van der Waals surface area contributed by atoms with E-state index < -0.39 is 28.3 Å². The summed E-state index contributed by atoms with van der Waals surface area (Å²) in [7, 11) is 1.33. The Morgan fingerprint density at radius 3 is 2.32 bits per heavy atom. The van der Waals surface area contributed by atoms with Gasteiger partial charge in [-0.05, 0) is 48.9 Å². The minimum absolute atomic E-state index is 0.0118. The molecular formula is C31H46O6. The minimum Gasteiger partial charge on any atom is -0.469 e. The summed E-state index contributed by atoms with van der Waals surface area (Å²) in [5.41, 5.74) is 0.203. The third kappa shape index (κ3) is 3.91. The van der Waals surface area contributed by atoms with Gasteiger partial charge in [0.15, 0.2) is 5.78 Å². The standard InChI is InChI=1S/C31H46O6/c1-17(13-19(32)14-18(2)27(36)37-8)21-15-25(35)31(7)20-9-10-23-28(3,4)24(34)11-12-29(23,5)26(20)22(33)16-30(21,31)6/h17-18,21,23,25,35H,9-16H2,1-8H3/t17-,18?,21-,23+,25+,29+,30-,31-/m1/s1. The number of aliphatic hydroxyl groups excluding tert-OH is 1. The Balaban J connectivity index is 1.67. The summed E-state index contributed by atoms with van der Waals surface area (Å²) in [6.07, 6.45) is 3.56. The van der Waals surface area contributed by atoms with Crippen molar-refractivity contribution in [1.29, 1.82) is 0 Å². The number of allylic oxidation sites excluding steroid dienone is 1. The molecule has 0 aliphatic heterocycles. The molecular weight excluding hydrogens is 468 g/mol. The fourth-order valence-corrected chi connectivity index (χ4v) is 9.46. The number of Topliss-reactive ketones (excluding diaryl/α,β-unsaturated/α-hetero) is 3. The molecule has 2 saturated carbocycles. The van der Waals surface area contributed by atoms with Gasteiger partial charge in [0, 0.05) is 47.5 Å². The van der Waals surface area contributed by atoms with Crippen molar-refractivity contribution in [3.8, 4) is 0 Å². The smallest absolute Gasteiger partial charge is 0.308 e. The molecule has 0 radical (unpaired) electrons. The van der Waals surface area contributed by atoms with Crippen LogP contribution in [0.25, 0.3) is 0 Å². The van der Waals surface area contributed by atoms with Gasteiger partial charge in [-0.2, -0.15) is 0 Å². The molecule has 8 atom stereocenters. The predicted molar refractivity (Wildman–Crippen MR) is 140 cm³/mol. The second-order valence-corrected chi connectivity index (χ2v) is 13.9. The Morgan fingerprint density at radius 2 is 1.70 bits per heavy atom. The van der Waals surface area contributed by atoms with E-state index in [1.165, 1.54) is 7.11 Å². The quantitative estimate of drug-likeness (QED) is 0.486. The third-order valence-corrected chi connectivity index (χ3v) is 11.7. The molecule has 1 N–H and O–H groups in total. The zero-order valence-electron chi connectivity index (χ0n) is 24.0. The molecule has 6 heteroatoms. The molecule has 0 heterocycles. The fraction of sp³-hybridized carbons (Fsp3) is 0.806. The average Bonchev–Trinajstić information content (AvgIpc) is 3.02. The largest absolute Gasteiger partial charge is 0.469 e. The van der Waals surface area contributed by atoms with Gasteiger partial charge >= 0.3 is 5.97 Å². The van der Waals surface area contributed by atoms with E-state index in [0.717, 1.165) is 24.0 Å². The van der Waals surface area contributed by atoms with Crippen LogP contribution in [0.5, 0.6) is 0 Å². The molecule has 4 aliphatic rings. The van der Waals surface area contributed by atoms with Gasteiger partial charge in [-0.15, -0.1) is 0 Å². The SMILES string of the molecule is COC(=O)C(C)CC(=O)C[C@@H](C)[C@H]1C[C@H](O)[C@@]2(C)C3=C(C(=O)C[C@]12C)[C@@]1(C)CCC(=O)C(C)(C)[C@@H]1CC3. The molecule has 2 fully saturated rings. The highest BCUT2D eigenvalue weighted by atomic mass is 16.5. The van der Waals surface area contributed by atoms with Gasteiger partial charge in [-0.3, -0.25) is 19.2 Å². The Bertz CT molecular complexity index is 1050. The monoisotopic (exact) mass is 514 g/mol. The lowest BCUT2D eigenvalue weighted by molar-refractivity contribution is -0.146. The summed E-state index contributed by atoms with van der Waals surface area (Å²) in [6.45, 7) is 14.3. The first kappa shape index (κ1) is 28.2. The number of hydrogen-bond donors (Lipinski definition) is 1. The Kier molecular flexibility index (Phi) is 6.96. The van der Waals surface area contributed by atoms with Crippen LogP contribution in [-0.4, -0.2) is 41.6 Å². The summed E-state index contributed by atoms with van der Waals surface area (Å²) in [5, 5.41) is 11.7. The van der Waals surface area contributed by atoms with Crippen molar-refractivity contribution in [2.24, 2.45) is 45.3 Å². The Labute approximate surface area is 222 Å². The normalized spacial score (nSPS) is 40.4. The van der Waals surface area contributed by atoms with Gasteiger partial charge in [-0.25, -0.2) is 0 Å². The van der Waals surface area contributed by atoms with E-state index >= 15 is 0 Å². The summed E-state index contributed by atoms with van der Waals surface area (Å²) in [4.78, 5) is 51.6. The molecule has 6 nitrogen and oxygen atoms in total. The minimum atomic E-state index is -0.592. The predicted octanol–water partition coefficient (Wildman–Crippen LogP) is 5.25. The Morgan fingerprint density at radius 1 is 1.05 bits per heavy atom. The molecule has 206 valence electrons. The van der Waals surface area contributed by atoms with E-state index in [4.69, 9.17) is 4.74 Å². The number of aliphatic hydroxyl groups is 1. The van der Waals surface area contributed by atoms with Crippen molar-refractivity contribution in [2.45, 2.75) is 106 Å². The lowest BCUT2D eigenvalue weighted by Crippen LogP contribution is -2.57. The molecule has 1 unspecified atom stereocenters. The zero-order valence-corrected chi connectivity index (χ0v) is 24.0. The first-order valence-corrected chi connectivity index (χ1v) is 14.1. The number of fused-ring (bicyclic) bond motifs is 4. The van der Waals surface area contributed by atoms with Crippen LogP contribution in [0.4, 0.5) is 0 Å². The number of ketones is 3. The maximum Gasteiger partial charge on any atom is 0.308 e. The molecule has 0 aromatic heterocycles. The number of hydrogen-bond acceptors (Lipinski definition) is 6. The van der Waals surface area contributed by atoms with Crippen LogP contribution in [0.15, 0.2) is 11.1 Å². The number of rotatable bonds is 6. The van der Waals surface area contributed by atoms with E-state index in [0.29, 0.717) is 37.9 Å². The second-order valence-electron chi connectivity index (χ2n) is 13.9. The highest BCUT2D eigenvalue weighted by molar-refractivity contribution is 6.00. The van der Waals surface area contributed by atoms with E-state index in [-0.39, 0.29) is 47.1 Å². The van der Waals surface area contributed by atoms with Crippen LogP contribution in [0, 0.1) is 45.3 Å². The zero-order chi connectivity index (χ0) is 27.7. The number of ether oxygens (including phenoxy) is 1. The number of methoxy groups -OCH3 is 1. The lowest BCUT2D eigenvalue weighted by Gasteiger charge is -2.60. The lowest BCUT2D eigenvalue weighted by atomic mass is 9.43. The molecule has 0 aromatic rings. The number of carbonyl (C=O) groups excluding carboxylic acids is 4.